The van der Waals surface area contributed by atoms with Crippen molar-refractivity contribution >= 4 is 37.4 Å². The van der Waals surface area contributed by atoms with Crippen molar-refractivity contribution in [1.82, 2.24) is 5.32 Å². The molecule has 0 fully saturated rings. The summed E-state index contributed by atoms with van der Waals surface area (Å²) in [5.41, 5.74) is 0.963. The number of benzene rings is 2. The second-order valence-electron chi connectivity index (χ2n) is 4.97. The Bertz CT molecular complexity index is 732. The van der Waals surface area contributed by atoms with Gasteiger partial charge in [0.2, 0.25) is 0 Å². The quantitative estimate of drug-likeness (QED) is 0.786. The molecule has 0 unspecified atom stereocenters. The lowest BCUT2D eigenvalue weighted by atomic mass is 10.1. The molecule has 0 aliphatic rings. The minimum absolute atomic E-state index is 0.00572. The van der Waals surface area contributed by atoms with Gasteiger partial charge in [0.15, 0.2) is 9.84 Å². The van der Waals surface area contributed by atoms with Crippen LogP contribution in [0.2, 0.25) is 5.02 Å². The summed E-state index contributed by atoms with van der Waals surface area (Å²) in [5, 5.41) is 3.88. The molecular formula is C16H17BrClNO2S. The van der Waals surface area contributed by atoms with Crippen molar-refractivity contribution in [1.29, 1.82) is 0 Å². The molecule has 1 atom stereocenters. The third kappa shape index (κ3) is 4.56. The van der Waals surface area contributed by atoms with Gasteiger partial charge in [-0.15, -0.1) is 0 Å². The molecule has 0 aliphatic heterocycles. The van der Waals surface area contributed by atoms with Gasteiger partial charge in [-0.2, -0.15) is 0 Å². The summed E-state index contributed by atoms with van der Waals surface area (Å²) in [6.07, 6.45) is 0. The molecule has 118 valence electrons. The van der Waals surface area contributed by atoms with Gasteiger partial charge in [0, 0.05) is 22.1 Å². The Hall–Kier alpha value is -0.880. The fourth-order valence-electron chi connectivity index (χ4n) is 2.11. The molecule has 0 bridgehead atoms. The first-order chi connectivity index (χ1) is 10.4. The number of rotatable bonds is 6. The van der Waals surface area contributed by atoms with Crippen LogP contribution in [0.15, 0.2) is 57.9 Å². The Morgan fingerprint density at radius 2 is 1.77 bits per heavy atom. The molecule has 0 radical (unpaired) electrons. The molecule has 0 saturated heterocycles. The monoisotopic (exact) mass is 401 g/mol. The standard InChI is InChI=1S/C16H17BrClNO2S/c1-12(15-4-2-3-5-16(15)18)19-10-11-22(20,21)14-8-6-13(17)7-9-14/h2-9,12,19H,10-11H2,1H3/t12-/m1/s1. The van der Waals surface area contributed by atoms with Crippen molar-refractivity contribution in [2.45, 2.75) is 17.9 Å². The van der Waals surface area contributed by atoms with Crippen LogP contribution in [0, 0.1) is 0 Å². The van der Waals surface area contributed by atoms with E-state index < -0.39 is 9.84 Å². The van der Waals surface area contributed by atoms with Gasteiger partial charge >= 0.3 is 0 Å². The van der Waals surface area contributed by atoms with Gasteiger partial charge in [-0.05, 0) is 42.8 Å². The van der Waals surface area contributed by atoms with Crippen LogP contribution in [0.5, 0.6) is 0 Å². The van der Waals surface area contributed by atoms with Gasteiger partial charge in [0.1, 0.15) is 0 Å². The van der Waals surface area contributed by atoms with E-state index in [1.54, 1.807) is 24.3 Å². The number of hydrogen-bond acceptors (Lipinski definition) is 3. The molecule has 2 aromatic rings. The minimum atomic E-state index is -3.28. The molecule has 0 heterocycles. The van der Waals surface area contributed by atoms with E-state index in [-0.39, 0.29) is 11.8 Å². The molecule has 2 rings (SSSR count). The molecule has 0 saturated carbocycles. The first-order valence-electron chi connectivity index (χ1n) is 6.86. The van der Waals surface area contributed by atoms with Crippen LogP contribution in [0.3, 0.4) is 0 Å². The summed E-state index contributed by atoms with van der Waals surface area (Å²) < 4.78 is 25.4. The van der Waals surface area contributed by atoms with Crippen LogP contribution >= 0.6 is 27.5 Å². The van der Waals surface area contributed by atoms with Crippen LogP contribution in [0.4, 0.5) is 0 Å². The molecule has 0 aromatic heterocycles. The van der Waals surface area contributed by atoms with Gasteiger partial charge in [-0.3, -0.25) is 0 Å². The maximum absolute atomic E-state index is 12.2. The third-order valence-corrected chi connectivity index (χ3v) is 5.97. The Morgan fingerprint density at radius 3 is 2.41 bits per heavy atom. The van der Waals surface area contributed by atoms with Crippen LogP contribution in [-0.4, -0.2) is 20.7 Å². The second kappa shape index (κ2) is 7.59. The summed E-state index contributed by atoms with van der Waals surface area (Å²) in [7, 11) is -3.28. The molecule has 6 heteroatoms. The average Bonchev–Trinajstić information content (AvgIpc) is 2.48. The Balaban J connectivity index is 1.95. The minimum Gasteiger partial charge on any atom is -0.309 e. The molecular weight excluding hydrogens is 386 g/mol. The van der Waals surface area contributed by atoms with E-state index in [2.05, 4.69) is 21.2 Å². The molecule has 0 aliphatic carbocycles. The van der Waals surface area contributed by atoms with Crippen molar-refractivity contribution in [3.63, 3.8) is 0 Å². The highest BCUT2D eigenvalue weighted by Crippen LogP contribution is 2.22. The Labute approximate surface area is 144 Å². The van der Waals surface area contributed by atoms with E-state index in [1.165, 1.54) is 0 Å². The van der Waals surface area contributed by atoms with E-state index in [1.807, 2.05) is 31.2 Å². The number of sulfone groups is 1. The van der Waals surface area contributed by atoms with Crippen molar-refractivity contribution < 1.29 is 8.42 Å². The maximum atomic E-state index is 12.2. The van der Waals surface area contributed by atoms with Crippen molar-refractivity contribution in [3.8, 4) is 0 Å². The number of halogens is 2. The number of hydrogen-bond donors (Lipinski definition) is 1. The van der Waals surface area contributed by atoms with E-state index in [9.17, 15) is 8.42 Å². The molecule has 2 aromatic carbocycles. The topological polar surface area (TPSA) is 46.2 Å². The largest absolute Gasteiger partial charge is 0.309 e. The molecule has 0 spiro atoms. The van der Waals surface area contributed by atoms with Crippen LogP contribution in [0.1, 0.15) is 18.5 Å². The fraction of sp³-hybridized carbons (Fsp3) is 0.250. The predicted molar refractivity (Wildman–Crippen MR) is 94.1 cm³/mol. The highest BCUT2D eigenvalue weighted by molar-refractivity contribution is 9.10. The summed E-state index contributed by atoms with van der Waals surface area (Å²) >= 11 is 9.43. The van der Waals surface area contributed by atoms with Gasteiger partial charge < -0.3 is 5.32 Å². The first kappa shape index (κ1) is 17.5. The van der Waals surface area contributed by atoms with E-state index in [4.69, 9.17) is 11.6 Å². The van der Waals surface area contributed by atoms with Gasteiger partial charge in [0.05, 0.1) is 10.6 Å². The van der Waals surface area contributed by atoms with Gasteiger partial charge in [0.25, 0.3) is 0 Å². The van der Waals surface area contributed by atoms with Crippen molar-refractivity contribution in [3.05, 3.63) is 63.6 Å². The maximum Gasteiger partial charge on any atom is 0.179 e. The third-order valence-electron chi connectivity index (χ3n) is 3.37. The van der Waals surface area contributed by atoms with Crippen molar-refractivity contribution in [2.75, 3.05) is 12.3 Å². The zero-order valence-corrected chi connectivity index (χ0v) is 15.2. The summed E-state index contributed by atoms with van der Waals surface area (Å²) in [6.45, 7) is 2.33. The number of nitrogens with one attached hydrogen (secondary N) is 1. The zero-order valence-electron chi connectivity index (χ0n) is 12.1. The summed E-state index contributed by atoms with van der Waals surface area (Å²) in [6, 6.07) is 14.2. The van der Waals surface area contributed by atoms with Crippen LogP contribution in [-0.2, 0) is 9.84 Å². The van der Waals surface area contributed by atoms with Crippen LogP contribution in [0.25, 0.3) is 0 Å². The van der Waals surface area contributed by atoms with E-state index in [0.29, 0.717) is 16.5 Å². The van der Waals surface area contributed by atoms with E-state index in [0.717, 1.165) is 10.0 Å². The lowest BCUT2D eigenvalue weighted by molar-refractivity contribution is 0.572. The lowest BCUT2D eigenvalue weighted by Gasteiger charge is -2.15. The molecule has 3 nitrogen and oxygen atoms in total. The van der Waals surface area contributed by atoms with Crippen LogP contribution < -0.4 is 5.32 Å². The van der Waals surface area contributed by atoms with Gasteiger partial charge in [-0.1, -0.05) is 45.7 Å². The smallest absolute Gasteiger partial charge is 0.179 e. The highest BCUT2D eigenvalue weighted by atomic mass is 79.9. The highest BCUT2D eigenvalue weighted by Gasteiger charge is 2.15. The summed E-state index contributed by atoms with van der Waals surface area (Å²) in [5.74, 6) is 0.0451. The second-order valence-corrected chi connectivity index (χ2v) is 8.40. The molecule has 1 N–H and O–H groups in total. The van der Waals surface area contributed by atoms with E-state index >= 15 is 0 Å². The molecule has 22 heavy (non-hydrogen) atoms. The lowest BCUT2D eigenvalue weighted by Crippen LogP contribution is -2.26. The first-order valence-corrected chi connectivity index (χ1v) is 9.68. The predicted octanol–water partition coefficient (Wildman–Crippen LogP) is 4.23. The Kier molecular flexibility index (Phi) is 6.03. The summed E-state index contributed by atoms with van der Waals surface area (Å²) in [4.78, 5) is 0.336. The zero-order chi connectivity index (χ0) is 16.2. The average molecular weight is 403 g/mol. The SMILES string of the molecule is C[C@@H](NCCS(=O)(=O)c1ccc(Br)cc1)c1ccccc1Cl. The normalized spacial score (nSPS) is 13.0. The fourth-order valence-corrected chi connectivity index (χ4v) is 3.84. The molecule has 0 amide bonds. The Morgan fingerprint density at radius 1 is 1.14 bits per heavy atom. The van der Waals surface area contributed by atoms with Gasteiger partial charge in [-0.25, -0.2) is 8.42 Å². The van der Waals surface area contributed by atoms with Crippen molar-refractivity contribution in [2.24, 2.45) is 0 Å².